The Labute approximate surface area is 88.8 Å². The van der Waals surface area contributed by atoms with E-state index in [1.165, 1.54) is 0 Å². The van der Waals surface area contributed by atoms with Crippen LogP contribution in [0, 0.1) is 13.8 Å². The number of hydrogen-bond acceptors (Lipinski definition) is 2. The molecule has 0 N–H and O–H groups in total. The zero-order chi connectivity index (χ0) is 10.1. The smallest absolute Gasteiger partial charge is 0.125 e. The lowest BCUT2D eigenvalue weighted by Gasteiger charge is -2.11. The minimum atomic E-state index is 0.296. The molecule has 1 saturated heterocycles. The molecule has 0 unspecified atom stereocenters. The Morgan fingerprint density at radius 2 is 2.00 bits per heavy atom. The normalized spacial score (nSPS) is 19.5. The SMILES string of the molecule is Cc1cc(Cl)cc(C)c1OC[C@H]1CO1. The average molecular weight is 213 g/mol. The monoisotopic (exact) mass is 212 g/mol. The van der Waals surface area contributed by atoms with Crippen LogP contribution in [0.4, 0.5) is 0 Å². The highest BCUT2D eigenvalue weighted by molar-refractivity contribution is 6.30. The van der Waals surface area contributed by atoms with Crippen molar-refractivity contribution in [2.24, 2.45) is 0 Å². The second-order valence-corrected chi connectivity index (χ2v) is 4.07. The number of halogens is 1. The fraction of sp³-hybridized carbons (Fsp3) is 0.455. The van der Waals surface area contributed by atoms with Crippen molar-refractivity contribution in [1.82, 2.24) is 0 Å². The van der Waals surface area contributed by atoms with Gasteiger partial charge in [-0.25, -0.2) is 0 Å². The van der Waals surface area contributed by atoms with Crippen LogP contribution in [0.3, 0.4) is 0 Å². The maximum Gasteiger partial charge on any atom is 0.125 e. The molecule has 0 aromatic heterocycles. The van der Waals surface area contributed by atoms with Crippen molar-refractivity contribution in [1.29, 1.82) is 0 Å². The van der Waals surface area contributed by atoms with Gasteiger partial charge in [-0.2, -0.15) is 0 Å². The Bertz CT molecular complexity index is 322. The van der Waals surface area contributed by atoms with E-state index in [1.807, 2.05) is 26.0 Å². The summed E-state index contributed by atoms with van der Waals surface area (Å²) in [5, 5.41) is 0.759. The van der Waals surface area contributed by atoms with Crippen LogP contribution < -0.4 is 4.74 Å². The Morgan fingerprint density at radius 3 is 2.50 bits per heavy atom. The molecule has 1 aromatic rings. The highest BCUT2D eigenvalue weighted by Crippen LogP contribution is 2.27. The van der Waals surface area contributed by atoms with Gasteiger partial charge in [0.25, 0.3) is 0 Å². The van der Waals surface area contributed by atoms with Crippen LogP contribution in [0.25, 0.3) is 0 Å². The first-order valence-electron chi connectivity index (χ1n) is 4.68. The maximum absolute atomic E-state index is 5.92. The molecular formula is C11H13ClO2. The van der Waals surface area contributed by atoms with Crippen LogP contribution in [-0.2, 0) is 4.74 Å². The minimum absolute atomic E-state index is 0.296. The molecule has 76 valence electrons. The fourth-order valence-electron chi connectivity index (χ4n) is 1.47. The van der Waals surface area contributed by atoms with Crippen molar-refractivity contribution in [3.63, 3.8) is 0 Å². The first-order valence-corrected chi connectivity index (χ1v) is 5.06. The van der Waals surface area contributed by atoms with E-state index in [-0.39, 0.29) is 0 Å². The molecule has 1 aliphatic heterocycles. The molecule has 1 heterocycles. The van der Waals surface area contributed by atoms with Crippen LogP contribution in [0.2, 0.25) is 5.02 Å². The summed E-state index contributed by atoms with van der Waals surface area (Å²) < 4.78 is 10.7. The third kappa shape index (κ3) is 2.20. The molecule has 0 amide bonds. The number of rotatable bonds is 3. The van der Waals surface area contributed by atoms with Gasteiger partial charge in [-0.05, 0) is 37.1 Å². The van der Waals surface area contributed by atoms with E-state index in [2.05, 4.69) is 0 Å². The summed E-state index contributed by atoms with van der Waals surface area (Å²) in [5.74, 6) is 0.935. The second kappa shape index (κ2) is 3.79. The summed E-state index contributed by atoms with van der Waals surface area (Å²) in [7, 11) is 0. The number of ether oxygens (including phenoxy) is 2. The van der Waals surface area contributed by atoms with E-state index < -0.39 is 0 Å². The maximum atomic E-state index is 5.92. The molecule has 1 aliphatic rings. The van der Waals surface area contributed by atoms with Gasteiger partial charge < -0.3 is 9.47 Å². The second-order valence-electron chi connectivity index (χ2n) is 3.64. The van der Waals surface area contributed by atoms with Crippen molar-refractivity contribution in [2.45, 2.75) is 20.0 Å². The largest absolute Gasteiger partial charge is 0.490 e. The van der Waals surface area contributed by atoms with Crippen LogP contribution in [0.15, 0.2) is 12.1 Å². The standard InChI is InChI=1S/C11H13ClO2/c1-7-3-9(12)4-8(2)11(7)14-6-10-5-13-10/h3-4,10H,5-6H2,1-2H3/t10-/m1/s1. The molecule has 2 rings (SSSR count). The lowest BCUT2D eigenvalue weighted by atomic mass is 10.1. The Kier molecular flexibility index (Phi) is 2.66. The van der Waals surface area contributed by atoms with E-state index in [9.17, 15) is 0 Å². The van der Waals surface area contributed by atoms with E-state index in [0.717, 1.165) is 28.5 Å². The third-order valence-corrected chi connectivity index (χ3v) is 2.46. The van der Waals surface area contributed by atoms with Crippen LogP contribution in [0.1, 0.15) is 11.1 Å². The van der Waals surface area contributed by atoms with E-state index >= 15 is 0 Å². The molecule has 2 nitrogen and oxygen atoms in total. The molecule has 0 bridgehead atoms. The molecule has 1 aromatic carbocycles. The molecule has 14 heavy (non-hydrogen) atoms. The summed E-state index contributed by atoms with van der Waals surface area (Å²) in [6.07, 6.45) is 0.296. The van der Waals surface area contributed by atoms with E-state index in [4.69, 9.17) is 21.1 Å². The number of aryl methyl sites for hydroxylation is 2. The number of benzene rings is 1. The van der Waals surface area contributed by atoms with Gasteiger partial charge in [0.15, 0.2) is 0 Å². The summed E-state index contributed by atoms with van der Waals surface area (Å²) >= 11 is 5.92. The van der Waals surface area contributed by atoms with Crippen molar-refractivity contribution in [3.8, 4) is 5.75 Å². The first kappa shape index (κ1) is 9.81. The van der Waals surface area contributed by atoms with E-state index in [1.54, 1.807) is 0 Å². The molecule has 0 spiro atoms. The van der Waals surface area contributed by atoms with Crippen molar-refractivity contribution in [3.05, 3.63) is 28.3 Å². The van der Waals surface area contributed by atoms with Crippen molar-refractivity contribution >= 4 is 11.6 Å². The lowest BCUT2D eigenvalue weighted by molar-refractivity contribution is 0.260. The van der Waals surface area contributed by atoms with Gasteiger partial charge >= 0.3 is 0 Å². The van der Waals surface area contributed by atoms with Gasteiger partial charge in [0, 0.05) is 5.02 Å². The van der Waals surface area contributed by atoms with Crippen molar-refractivity contribution < 1.29 is 9.47 Å². The van der Waals surface area contributed by atoms with Gasteiger partial charge in [0.2, 0.25) is 0 Å². The molecule has 0 aliphatic carbocycles. The predicted octanol–water partition coefficient (Wildman–Crippen LogP) is 2.73. The van der Waals surface area contributed by atoms with Gasteiger partial charge in [0.05, 0.1) is 6.61 Å². The Hall–Kier alpha value is -0.730. The molecule has 1 atom stereocenters. The molecule has 3 heteroatoms. The predicted molar refractivity (Wildman–Crippen MR) is 56.2 cm³/mol. The van der Waals surface area contributed by atoms with Crippen molar-refractivity contribution in [2.75, 3.05) is 13.2 Å². The van der Waals surface area contributed by atoms with Crippen LogP contribution in [-0.4, -0.2) is 19.3 Å². The summed E-state index contributed by atoms with van der Waals surface area (Å²) in [6, 6.07) is 3.83. The zero-order valence-corrected chi connectivity index (χ0v) is 9.10. The first-order chi connectivity index (χ1) is 6.66. The van der Waals surface area contributed by atoms with E-state index in [0.29, 0.717) is 12.7 Å². The van der Waals surface area contributed by atoms with Gasteiger partial charge in [0.1, 0.15) is 18.5 Å². The number of epoxide rings is 1. The summed E-state index contributed by atoms with van der Waals surface area (Å²) in [6.45, 7) is 5.47. The molecule has 1 fully saturated rings. The quantitative estimate of drug-likeness (QED) is 0.719. The Balaban J connectivity index is 2.13. The van der Waals surface area contributed by atoms with Gasteiger partial charge in [-0.3, -0.25) is 0 Å². The third-order valence-electron chi connectivity index (χ3n) is 2.24. The lowest BCUT2D eigenvalue weighted by Crippen LogP contribution is -2.06. The molecule has 0 radical (unpaired) electrons. The fourth-order valence-corrected chi connectivity index (χ4v) is 1.79. The zero-order valence-electron chi connectivity index (χ0n) is 8.34. The molecule has 0 saturated carbocycles. The van der Waals surface area contributed by atoms with Gasteiger partial charge in [-0.1, -0.05) is 11.6 Å². The summed E-state index contributed by atoms with van der Waals surface area (Å²) in [4.78, 5) is 0. The molecular weight excluding hydrogens is 200 g/mol. The van der Waals surface area contributed by atoms with Gasteiger partial charge in [-0.15, -0.1) is 0 Å². The number of hydrogen-bond donors (Lipinski definition) is 0. The van der Waals surface area contributed by atoms with Crippen LogP contribution in [0.5, 0.6) is 5.75 Å². The highest BCUT2D eigenvalue weighted by Gasteiger charge is 2.23. The average Bonchev–Trinajstić information content (AvgIpc) is 2.85. The minimum Gasteiger partial charge on any atom is -0.490 e. The summed E-state index contributed by atoms with van der Waals surface area (Å²) in [5.41, 5.74) is 2.16. The Morgan fingerprint density at radius 1 is 1.43 bits per heavy atom. The topological polar surface area (TPSA) is 21.8 Å². The van der Waals surface area contributed by atoms with Crippen LogP contribution >= 0.6 is 11.6 Å². The highest BCUT2D eigenvalue weighted by atomic mass is 35.5.